The smallest absolute Gasteiger partial charge is 0.232 e. The van der Waals surface area contributed by atoms with Gasteiger partial charge in [0.05, 0.1) is 12.1 Å². The van der Waals surface area contributed by atoms with E-state index in [1.54, 1.807) is 0 Å². The highest BCUT2D eigenvalue weighted by Gasteiger charge is 2.48. The van der Waals surface area contributed by atoms with Gasteiger partial charge < -0.3 is 5.11 Å². The van der Waals surface area contributed by atoms with Gasteiger partial charge in [0.15, 0.2) is 0 Å². The molecule has 1 N–H and O–H groups in total. The molecule has 3 fully saturated rings. The van der Waals surface area contributed by atoms with Gasteiger partial charge in [-0.25, -0.2) is 0 Å². The summed E-state index contributed by atoms with van der Waals surface area (Å²) in [7, 11) is 0. The van der Waals surface area contributed by atoms with Crippen LogP contribution < -0.4 is 0 Å². The third kappa shape index (κ3) is 1.87. The molecule has 4 unspecified atom stereocenters. The van der Waals surface area contributed by atoms with Gasteiger partial charge in [-0.05, 0) is 32.1 Å². The number of rotatable bonds is 1. The summed E-state index contributed by atoms with van der Waals surface area (Å²) in [5.74, 6) is 0.0608. The molecule has 0 aromatic heterocycles. The number of carbonyl (C=O) groups is 2. The Labute approximate surface area is 107 Å². The summed E-state index contributed by atoms with van der Waals surface area (Å²) in [4.78, 5) is 26.1. The highest BCUT2D eigenvalue weighted by molar-refractivity contribution is 6.01. The van der Waals surface area contributed by atoms with Crippen LogP contribution in [0.15, 0.2) is 0 Å². The van der Waals surface area contributed by atoms with Crippen LogP contribution in [0.5, 0.6) is 0 Å². The van der Waals surface area contributed by atoms with Crippen molar-refractivity contribution in [3.05, 3.63) is 0 Å². The van der Waals surface area contributed by atoms with E-state index in [4.69, 9.17) is 0 Å². The second-order valence-corrected chi connectivity index (χ2v) is 6.03. The summed E-state index contributed by atoms with van der Waals surface area (Å²) in [6.07, 6.45) is 6.54. The van der Waals surface area contributed by atoms with E-state index in [2.05, 4.69) is 0 Å². The van der Waals surface area contributed by atoms with Gasteiger partial charge in [0, 0.05) is 11.8 Å². The van der Waals surface area contributed by atoms with Crippen LogP contribution in [-0.4, -0.2) is 34.0 Å². The van der Waals surface area contributed by atoms with Crippen molar-refractivity contribution in [2.75, 3.05) is 0 Å². The van der Waals surface area contributed by atoms with E-state index in [0.29, 0.717) is 0 Å². The summed E-state index contributed by atoms with van der Waals surface area (Å²) >= 11 is 0. The van der Waals surface area contributed by atoms with Gasteiger partial charge in [0.1, 0.15) is 0 Å². The minimum absolute atomic E-state index is 0.0142. The fraction of sp³-hybridized carbons (Fsp3) is 0.857. The van der Waals surface area contributed by atoms with Crippen molar-refractivity contribution >= 4 is 11.8 Å². The van der Waals surface area contributed by atoms with Crippen molar-refractivity contribution in [2.24, 2.45) is 11.8 Å². The molecule has 1 aliphatic heterocycles. The SMILES string of the molecule is O=C1C2CCC(C2)C(=O)N1C1CCCCCC1O. The molecule has 1 saturated heterocycles. The topological polar surface area (TPSA) is 57.6 Å². The van der Waals surface area contributed by atoms with E-state index in [1.807, 2.05) is 0 Å². The van der Waals surface area contributed by atoms with Crippen LogP contribution in [0.2, 0.25) is 0 Å². The van der Waals surface area contributed by atoms with E-state index in [1.165, 1.54) is 4.90 Å². The zero-order valence-electron chi connectivity index (χ0n) is 10.7. The highest BCUT2D eigenvalue weighted by Crippen LogP contribution is 2.40. The first-order valence-electron chi connectivity index (χ1n) is 7.23. The molecule has 2 aliphatic carbocycles. The predicted molar refractivity (Wildman–Crippen MR) is 65.6 cm³/mol. The summed E-state index contributed by atoms with van der Waals surface area (Å²) in [5.41, 5.74) is 0. The largest absolute Gasteiger partial charge is 0.391 e. The first-order chi connectivity index (χ1) is 8.68. The molecular formula is C14H21NO3. The Morgan fingerprint density at radius 1 is 0.889 bits per heavy atom. The molecule has 3 rings (SSSR count). The van der Waals surface area contributed by atoms with Gasteiger partial charge in [-0.3, -0.25) is 14.5 Å². The first kappa shape index (κ1) is 12.2. The van der Waals surface area contributed by atoms with Crippen LogP contribution in [0.1, 0.15) is 51.4 Å². The van der Waals surface area contributed by atoms with E-state index in [9.17, 15) is 14.7 Å². The molecule has 1 heterocycles. The van der Waals surface area contributed by atoms with E-state index in [-0.39, 0.29) is 29.7 Å². The molecule has 18 heavy (non-hydrogen) atoms. The van der Waals surface area contributed by atoms with Crippen molar-refractivity contribution in [3.8, 4) is 0 Å². The summed E-state index contributed by atoms with van der Waals surface area (Å²) in [5, 5.41) is 10.2. The average molecular weight is 251 g/mol. The van der Waals surface area contributed by atoms with E-state index >= 15 is 0 Å². The van der Waals surface area contributed by atoms with Gasteiger partial charge in [-0.1, -0.05) is 19.3 Å². The number of fused-ring (bicyclic) bond motifs is 2. The number of aliphatic hydroxyl groups excluding tert-OH is 1. The maximum atomic E-state index is 12.3. The lowest BCUT2D eigenvalue weighted by Crippen LogP contribution is -2.55. The maximum absolute atomic E-state index is 12.3. The van der Waals surface area contributed by atoms with Gasteiger partial charge >= 0.3 is 0 Å². The molecule has 2 bridgehead atoms. The number of hydrogen-bond donors (Lipinski definition) is 1. The van der Waals surface area contributed by atoms with Gasteiger partial charge in [0.25, 0.3) is 0 Å². The van der Waals surface area contributed by atoms with Crippen molar-refractivity contribution in [1.29, 1.82) is 0 Å². The number of hydrogen-bond acceptors (Lipinski definition) is 3. The third-order valence-electron chi connectivity index (χ3n) is 4.88. The maximum Gasteiger partial charge on any atom is 0.232 e. The first-order valence-corrected chi connectivity index (χ1v) is 7.23. The fourth-order valence-corrected chi connectivity index (χ4v) is 3.83. The molecule has 3 aliphatic rings. The highest BCUT2D eigenvalue weighted by atomic mass is 16.3. The second kappa shape index (κ2) is 4.65. The lowest BCUT2D eigenvalue weighted by molar-refractivity contribution is -0.159. The summed E-state index contributed by atoms with van der Waals surface area (Å²) in [6.45, 7) is 0. The minimum Gasteiger partial charge on any atom is -0.391 e. The number of likely N-dealkylation sites (tertiary alicyclic amines) is 1. The van der Waals surface area contributed by atoms with Crippen LogP contribution in [0.3, 0.4) is 0 Å². The molecule has 0 radical (unpaired) electrons. The lowest BCUT2D eigenvalue weighted by Gasteiger charge is -2.37. The molecule has 2 amide bonds. The monoisotopic (exact) mass is 251 g/mol. The number of carbonyl (C=O) groups excluding carboxylic acids is 2. The second-order valence-electron chi connectivity index (χ2n) is 6.03. The van der Waals surface area contributed by atoms with Crippen molar-refractivity contribution < 1.29 is 14.7 Å². The van der Waals surface area contributed by atoms with Crippen LogP contribution in [0.4, 0.5) is 0 Å². The number of piperidine rings is 1. The molecular weight excluding hydrogens is 230 g/mol. The van der Waals surface area contributed by atoms with Gasteiger partial charge in [-0.2, -0.15) is 0 Å². The van der Waals surface area contributed by atoms with Crippen molar-refractivity contribution in [1.82, 2.24) is 4.90 Å². The van der Waals surface area contributed by atoms with Gasteiger partial charge in [-0.15, -0.1) is 0 Å². The van der Waals surface area contributed by atoms with Crippen molar-refractivity contribution in [3.63, 3.8) is 0 Å². The molecule has 0 aromatic carbocycles. The Bertz CT molecular complexity index is 346. The van der Waals surface area contributed by atoms with Crippen LogP contribution in [0.25, 0.3) is 0 Å². The Hall–Kier alpha value is -0.900. The van der Waals surface area contributed by atoms with Gasteiger partial charge in [0.2, 0.25) is 11.8 Å². The molecule has 2 saturated carbocycles. The molecule has 0 aromatic rings. The number of amides is 2. The minimum atomic E-state index is -0.516. The fourth-order valence-electron chi connectivity index (χ4n) is 3.83. The quantitative estimate of drug-likeness (QED) is 0.567. The Morgan fingerprint density at radius 2 is 1.50 bits per heavy atom. The van der Waals surface area contributed by atoms with Crippen molar-refractivity contribution in [2.45, 2.75) is 63.5 Å². The Kier molecular flexibility index (Phi) is 3.14. The third-order valence-corrected chi connectivity index (χ3v) is 4.88. The molecule has 4 heteroatoms. The molecule has 0 spiro atoms. The normalized spacial score (nSPS) is 41.1. The summed E-state index contributed by atoms with van der Waals surface area (Å²) < 4.78 is 0. The van der Waals surface area contributed by atoms with Crippen LogP contribution >= 0.6 is 0 Å². The number of imide groups is 1. The van der Waals surface area contributed by atoms with Crippen LogP contribution in [0, 0.1) is 11.8 Å². The zero-order chi connectivity index (χ0) is 12.7. The Morgan fingerprint density at radius 3 is 2.17 bits per heavy atom. The predicted octanol–water partition coefficient (Wildman–Crippen LogP) is 1.47. The zero-order valence-corrected chi connectivity index (χ0v) is 10.7. The number of nitrogens with zero attached hydrogens (tertiary/aromatic N) is 1. The van der Waals surface area contributed by atoms with E-state index < -0.39 is 6.10 Å². The molecule has 100 valence electrons. The Balaban J connectivity index is 1.85. The van der Waals surface area contributed by atoms with Crippen LogP contribution in [-0.2, 0) is 9.59 Å². The molecule has 4 atom stereocenters. The average Bonchev–Trinajstić information content (AvgIpc) is 2.71. The standard InChI is InChI=1S/C14H21NO3/c16-12-5-3-1-2-4-11(12)15-13(17)9-6-7-10(8-9)14(15)18/h9-12,16H,1-8H2. The summed E-state index contributed by atoms with van der Waals surface area (Å²) in [6, 6.07) is -0.254. The molecule has 4 nitrogen and oxygen atoms in total. The van der Waals surface area contributed by atoms with E-state index in [0.717, 1.165) is 51.4 Å². The number of aliphatic hydroxyl groups is 1. The lowest BCUT2D eigenvalue weighted by atomic mass is 9.93.